The van der Waals surface area contributed by atoms with Crippen LogP contribution >= 0.6 is 15.9 Å². The number of benzene rings is 2. The highest BCUT2D eigenvalue weighted by Gasteiger charge is 2.11. The fraction of sp³-hybridized carbons (Fsp3) is 0.235. The van der Waals surface area contributed by atoms with Crippen molar-refractivity contribution in [2.45, 2.75) is 19.8 Å². The van der Waals surface area contributed by atoms with Crippen LogP contribution in [0.25, 0.3) is 22.2 Å². The summed E-state index contributed by atoms with van der Waals surface area (Å²) in [6.45, 7) is 2.89. The van der Waals surface area contributed by atoms with E-state index in [1.807, 2.05) is 12.3 Å². The van der Waals surface area contributed by atoms with Crippen LogP contribution in [0.15, 0.2) is 47.2 Å². The fourth-order valence-corrected chi connectivity index (χ4v) is 2.67. The molecule has 4 heteroatoms. The number of H-pyrrole nitrogens is 1. The summed E-state index contributed by atoms with van der Waals surface area (Å²) in [7, 11) is 0. The van der Waals surface area contributed by atoms with Crippen molar-refractivity contribution in [2.75, 3.05) is 6.61 Å². The number of rotatable bonds is 5. The second kappa shape index (κ2) is 6.31. The predicted octanol–water partition coefficient (Wildman–Crippen LogP) is 5.17. The average Bonchev–Trinajstić information content (AvgIpc) is 3.01. The van der Waals surface area contributed by atoms with Gasteiger partial charge in [0.25, 0.3) is 0 Å². The number of nitrogens with zero attached hydrogens (tertiary/aromatic N) is 1. The fourth-order valence-electron chi connectivity index (χ4n) is 2.29. The van der Waals surface area contributed by atoms with Crippen LogP contribution in [-0.4, -0.2) is 16.6 Å². The molecule has 0 amide bonds. The Morgan fingerprint density at radius 3 is 2.86 bits per heavy atom. The first-order chi connectivity index (χ1) is 10.3. The average molecular weight is 345 g/mol. The van der Waals surface area contributed by atoms with Gasteiger partial charge in [0.2, 0.25) is 0 Å². The lowest BCUT2D eigenvalue weighted by atomic mass is 10.1. The van der Waals surface area contributed by atoms with E-state index < -0.39 is 0 Å². The molecule has 0 unspecified atom stereocenters. The molecule has 3 rings (SSSR count). The van der Waals surface area contributed by atoms with E-state index in [1.165, 1.54) is 10.8 Å². The molecule has 0 saturated heterocycles. The number of aromatic nitrogens is 2. The summed E-state index contributed by atoms with van der Waals surface area (Å²) in [6.07, 6.45) is 5.76. The summed E-state index contributed by atoms with van der Waals surface area (Å²) in [5.41, 5.74) is 1.00. The molecular weight excluding hydrogens is 328 g/mol. The van der Waals surface area contributed by atoms with Crippen molar-refractivity contribution in [2.24, 2.45) is 0 Å². The second-order valence-electron chi connectivity index (χ2n) is 4.98. The maximum Gasteiger partial charge on any atom is 0.141 e. The lowest BCUT2D eigenvalue weighted by Crippen LogP contribution is -1.99. The molecule has 3 aromatic rings. The normalized spacial score (nSPS) is 11.0. The minimum Gasteiger partial charge on any atom is -0.493 e. The highest BCUT2D eigenvalue weighted by atomic mass is 79.9. The van der Waals surface area contributed by atoms with Crippen LogP contribution in [0.4, 0.5) is 0 Å². The van der Waals surface area contributed by atoms with E-state index in [2.05, 4.69) is 57.1 Å². The summed E-state index contributed by atoms with van der Waals surface area (Å²) in [5.74, 6) is 1.72. The largest absolute Gasteiger partial charge is 0.493 e. The first-order valence-electron chi connectivity index (χ1n) is 7.14. The Hall–Kier alpha value is -1.81. The zero-order valence-electron chi connectivity index (χ0n) is 11.9. The number of nitrogens with one attached hydrogen (secondary N) is 1. The number of halogens is 1. The number of unbranched alkanes of at least 4 members (excludes halogenated alkanes) is 1. The van der Waals surface area contributed by atoms with Crippen molar-refractivity contribution in [1.82, 2.24) is 9.97 Å². The van der Waals surface area contributed by atoms with Crippen molar-refractivity contribution in [3.05, 3.63) is 47.2 Å². The van der Waals surface area contributed by atoms with Gasteiger partial charge in [0.15, 0.2) is 0 Å². The third-order valence-electron chi connectivity index (χ3n) is 3.41. The quantitative estimate of drug-likeness (QED) is 0.648. The molecule has 108 valence electrons. The van der Waals surface area contributed by atoms with E-state index in [0.29, 0.717) is 0 Å². The predicted molar refractivity (Wildman–Crippen MR) is 89.6 cm³/mol. The molecular formula is C17H17BrN2O. The first kappa shape index (κ1) is 14.1. The van der Waals surface area contributed by atoms with Crippen LogP contribution in [0.3, 0.4) is 0 Å². The minimum absolute atomic E-state index is 0.728. The maximum atomic E-state index is 5.97. The Morgan fingerprint density at radius 1 is 1.19 bits per heavy atom. The van der Waals surface area contributed by atoms with Gasteiger partial charge in [0, 0.05) is 16.9 Å². The highest BCUT2D eigenvalue weighted by Crippen LogP contribution is 2.33. The SMILES string of the molecule is CCCCOc1cc2ccc(Br)cc2cc1-c1ncc[nH]1. The summed E-state index contributed by atoms with van der Waals surface area (Å²) in [6, 6.07) is 10.5. The van der Waals surface area contributed by atoms with E-state index in [9.17, 15) is 0 Å². The van der Waals surface area contributed by atoms with Gasteiger partial charge in [-0.15, -0.1) is 0 Å². The summed E-state index contributed by atoms with van der Waals surface area (Å²) in [5, 5.41) is 2.33. The summed E-state index contributed by atoms with van der Waals surface area (Å²) in [4.78, 5) is 7.52. The third-order valence-corrected chi connectivity index (χ3v) is 3.90. The van der Waals surface area contributed by atoms with Crippen LogP contribution in [0.2, 0.25) is 0 Å². The molecule has 0 aliphatic carbocycles. The van der Waals surface area contributed by atoms with Crippen LogP contribution in [0.5, 0.6) is 5.75 Å². The Labute approximate surface area is 132 Å². The van der Waals surface area contributed by atoms with Gasteiger partial charge in [0.05, 0.1) is 12.2 Å². The van der Waals surface area contributed by atoms with Crippen molar-refractivity contribution in [1.29, 1.82) is 0 Å². The Balaban J connectivity index is 2.08. The second-order valence-corrected chi connectivity index (χ2v) is 5.90. The zero-order valence-corrected chi connectivity index (χ0v) is 13.5. The van der Waals surface area contributed by atoms with Crippen molar-refractivity contribution in [3.8, 4) is 17.1 Å². The zero-order chi connectivity index (χ0) is 14.7. The van der Waals surface area contributed by atoms with Gasteiger partial charge in [-0.2, -0.15) is 0 Å². The lowest BCUT2D eigenvalue weighted by molar-refractivity contribution is 0.311. The standard InChI is InChI=1S/C17H17BrN2O/c1-2-3-8-21-16-11-12-4-5-14(18)9-13(12)10-15(16)17-19-6-7-20-17/h4-7,9-11H,2-3,8H2,1H3,(H,19,20). The molecule has 1 aromatic heterocycles. The van der Waals surface area contributed by atoms with Crippen LogP contribution in [0, 0.1) is 0 Å². The molecule has 21 heavy (non-hydrogen) atoms. The van der Waals surface area contributed by atoms with Gasteiger partial charge >= 0.3 is 0 Å². The molecule has 0 aliphatic rings. The molecule has 0 radical (unpaired) electrons. The molecule has 2 aromatic carbocycles. The molecule has 0 atom stereocenters. The van der Waals surface area contributed by atoms with Crippen molar-refractivity contribution >= 4 is 26.7 Å². The topological polar surface area (TPSA) is 37.9 Å². The molecule has 0 aliphatic heterocycles. The van der Waals surface area contributed by atoms with E-state index >= 15 is 0 Å². The number of imidazole rings is 1. The molecule has 3 nitrogen and oxygen atoms in total. The minimum atomic E-state index is 0.728. The van der Waals surface area contributed by atoms with E-state index in [0.717, 1.165) is 41.1 Å². The van der Waals surface area contributed by atoms with Gasteiger partial charge in [-0.3, -0.25) is 0 Å². The third kappa shape index (κ3) is 3.10. The van der Waals surface area contributed by atoms with E-state index in [4.69, 9.17) is 4.74 Å². The van der Waals surface area contributed by atoms with Gasteiger partial charge < -0.3 is 9.72 Å². The number of hydrogen-bond donors (Lipinski definition) is 1. The highest BCUT2D eigenvalue weighted by molar-refractivity contribution is 9.10. The van der Waals surface area contributed by atoms with Gasteiger partial charge in [-0.1, -0.05) is 35.3 Å². The van der Waals surface area contributed by atoms with Gasteiger partial charge in [0.1, 0.15) is 11.6 Å². The molecule has 0 spiro atoms. The van der Waals surface area contributed by atoms with E-state index in [1.54, 1.807) is 6.20 Å². The van der Waals surface area contributed by atoms with Crippen molar-refractivity contribution in [3.63, 3.8) is 0 Å². The lowest BCUT2D eigenvalue weighted by Gasteiger charge is -2.12. The van der Waals surface area contributed by atoms with Gasteiger partial charge in [-0.05, 0) is 41.5 Å². The first-order valence-corrected chi connectivity index (χ1v) is 7.93. The molecule has 0 fully saturated rings. The van der Waals surface area contributed by atoms with E-state index in [-0.39, 0.29) is 0 Å². The van der Waals surface area contributed by atoms with Crippen LogP contribution in [0.1, 0.15) is 19.8 Å². The maximum absolute atomic E-state index is 5.97. The number of hydrogen-bond acceptors (Lipinski definition) is 2. The monoisotopic (exact) mass is 344 g/mol. The molecule has 1 N–H and O–H groups in total. The molecule has 1 heterocycles. The molecule has 0 bridgehead atoms. The number of ether oxygens (including phenoxy) is 1. The number of aromatic amines is 1. The Bertz CT molecular complexity index is 738. The van der Waals surface area contributed by atoms with Crippen LogP contribution < -0.4 is 4.74 Å². The summed E-state index contributed by atoms with van der Waals surface area (Å²) < 4.78 is 7.04. The Morgan fingerprint density at radius 2 is 2.10 bits per heavy atom. The van der Waals surface area contributed by atoms with Crippen molar-refractivity contribution < 1.29 is 4.74 Å². The van der Waals surface area contributed by atoms with Gasteiger partial charge in [-0.25, -0.2) is 4.98 Å². The van der Waals surface area contributed by atoms with Crippen LogP contribution in [-0.2, 0) is 0 Å². The smallest absolute Gasteiger partial charge is 0.141 e. The molecule has 0 saturated carbocycles. The Kier molecular flexibility index (Phi) is 4.25. The summed E-state index contributed by atoms with van der Waals surface area (Å²) >= 11 is 3.52. The number of fused-ring (bicyclic) bond motifs is 1.